The largest absolute Gasteiger partial charge is 0.438 e. The molecule has 1 N–H and O–H groups in total. The van der Waals surface area contributed by atoms with E-state index in [1.165, 1.54) is 6.07 Å². The summed E-state index contributed by atoms with van der Waals surface area (Å²) in [7, 11) is 0. The minimum atomic E-state index is -4.54. The van der Waals surface area contributed by atoms with Gasteiger partial charge in [-0.2, -0.15) is 13.2 Å². The molecule has 0 spiro atoms. The van der Waals surface area contributed by atoms with Crippen LogP contribution in [0.25, 0.3) is 11.3 Å². The van der Waals surface area contributed by atoms with E-state index in [0.717, 1.165) is 44.5 Å². The number of piperidine rings is 1. The molecule has 0 atom stereocenters. The number of aryl methyl sites for hydroxylation is 1. The molecule has 1 amide bonds. The van der Waals surface area contributed by atoms with Crippen molar-refractivity contribution in [3.63, 3.8) is 0 Å². The van der Waals surface area contributed by atoms with Crippen LogP contribution in [0.5, 0.6) is 11.6 Å². The number of carbonyl (C=O) groups excluding carboxylic acids is 1. The number of amides is 1. The number of pyridine rings is 1. The lowest BCUT2D eigenvalue weighted by molar-refractivity contribution is -0.137. The molecule has 4 aromatic rings. The van der Waals surface area contributed by atoms with Gasteiger partial charge in [0.2, 0.25) is 5.88 Å². The van der Waals surface area contributed by atoms with Crippen molar-refractivity contribution >= 4 is 17.3 Å². The highest BCUT2D eigenvalue weighted by Gasteiger charge is 2.32. The Labute approximate surface area is 236 Å². The molecule has 1 saturated heterocycles. The van der Waals surface area contributed by atoms with E-state index in [1.54, 1.807) is 49.6 Å². The molecule has 1 aliphatic heterocycles. The second-order valence-corrected chi connectivity index (χ2v) is 9.83. The molecule has 0 saturated carbocycles. The SMILES string of the molecule is CCc1nccc(-c2cccnc2Oc2cccc(C(=O)Nc3cc(C(F)(F)F)ccc3N3CCCCC3)c2C)n1. The smallest absolute Gasteiger partial charge is 0.416 e. The molecule has 3 heterocycles. The first-order valence-electron chi connectivity index (χ1n) is 13.6. The van der Waals surface area contributed by atoms with Gasteiger partial charge in [-0.1, -0.05) is 13.0 Å². The van der Waals surface area contributed by atoms with Crippen molar-refractivity contribution in [1.29, 1.82) is 0 Å². The molecule has 41 heavy (non-hydrogen) atoms. The van der Waals surface area contributed by atoms with Crippen LogP contribution < -0.4 is 15.0 Å². The van der Waals surface area contributed by atoms with E-state index >= 15 is 0 Å². The van der Waals surface area contributed by atoms with Gasteiger partial charge in [0.25, 0.3) is 5.91 Å². The van der Waals surface area contributed by atoms with Crippen molar-refractivity contribution in [2.45, 2.75) is 45.7 Å². The van der Waals surface area contributed by atoms with Gasteiger partial charge < -0.3 is 15.0 Å². The molecule has 1 aliphatic rings. The zero-order chi connectivity index (χ0) is 29.0. The summed E-state index contributed by atoms with van der Waals surface area (Å²) in [5, 5.41) is 2.75. The van der Waals surface area contributed by atoms with Crippen LogP contribution in [0.2, 0.25) is 0 Å². The standard InChI is InChI=1S/C31H30F3N5O2/c1-3-28-35-16-14-24(37-28)23-10-8-15-36-30(23)41-27-11-7-9-22(20(27)2)29(40)38-25-19-21(31(32,33)34)12-13-26(25)39-17-5-4-6-18-39/h7-16,19H,3-6,17-18H2,1-2H3,(H,38,40). The summed E-state index contributed by atoms with van der Waals surface area (Å²) in [6.07, 6.45) is 2.37. The molecule has 2 aromatic heterocycles. The molecule has 1 fully saturated rings. The molecular formula is C31H30F3N5O2. The Balaban J connectivity index is 1.45. The lowest BCUT2D eigenvalue weighted by atomic mass is 10.1. The average Bonchev–Trinajstić information content (AvgIpc) is 2.98. The molecular weight excluding hydrogens is 531 g/mol. The van der Waals surface area contributed by atoms with Crippen LogP contribution in [0.15, 0.2) is 67.0 Å². The molecule has 2 aromatic carbocycles. The number of hydrogen-bond donors (Lipinski definition) is 1. The zero-order valence-corrected chi connectivity index (χ0v) is 22.8. The highest BCUT2D eigenvalue weighted by Crippen LogP contribution is 2.37. The Morgan fingerprint density at radius 1 is 1.00 bits per heavy atom. The van der Waals surface area contributed by atoms with Gasteiger partial charge in [0.05, 0.1) is 28.2 Å². The fourth-order valence-electron chi connectivity index (χ4n) is 4.87. The van der Waals surface area contributed by atoms with E-state index < -0.39 is 17.6 Å². The van der Waals surface area contributed by atoms with Gasteiger partial charge in [-0.05, 0) is 74.7 Å². The third kappa shape index (κ3) is 6.32. The van der Waals surface area contributed by atoms with E-state index in [2.05, 4.69) is 20.3 Å². The number of anilines is 2. The van der Waals surface area contributed by atoms with Crippen molar-refractivity contribution in [2.75, 3.05) is 23.3 Å². The summed E-state index contributed by atoms with van der Waals surface area (Å²) in [6, 6.07) is 13.9. The number of alkyl halides is 3. The van der Waals surface area contributed by atoms with Crippen LogP contribution >= 0.6 is 0 Å². The monoisotopic (exact) mass is 561 g/mol. The summed E-state index contributed by atoms with van der Waals surface area (Å²) >= 11 is 0. The minimum Gasteiger partial charge on any atom is -0.438 e. The highest BCUT2D eigenvalue weighted by molar-refractivity contribution is 6.07. The maximum Gasteiger partial charge on any atom is 0.416 e. The van der Waals surface area contributed by atoms with Gasteiger partial charge >= 0.3 is 6.18 Å². The summed E-state index contributed by atoms with van der Waals surface area (Å²) in [5.41, 5.74) is 1.99. The van der Waals surface area contributed by atoms with Crippen molar-refractivity contribution in [3.05, 3.63) is 89.5 Å². The van der Waals surface area contributed by atoms with Gasteiger partial charge in [-0.15, -0.1) is 0 Å². The van der Waals surface area contributed by atoms with Crippen LogP contribution in [0.3, 0.4) is 0 Å². The Bertz CT molecular complexity index is 1550. The molecule has 5 rings (SSSR count). The fraction of sp³-hybridized carbons (Fsp3) is 0.290. The van der Waals surface area contributed by atoms with Gasteiger partial charge in [0, 0.05) is 43.0 Å². The van der Waals surface area contributed by atoms with Crippen LogP contribution in [-0.2, 0) is 12.6 Å². The summed E-state index contributed by atoms with van der Waals surface area (Å²) < 4.78 is 46.9. The van der Waals surface area contributed by atoms with E-state index in [4.69, 9.17) is 4.74 Å². The van der Waals surface area contributed by atoms with Crippen LogP contribution in [-0.4, -0.2) is 33.9 Å². The molecule has 0 aliphatic carbocycles. The maximum atomic E-state index is 13.6. The van der Waals surface area contributed by atoms with E-state index in [0.29, 0.717) is 46.4 Å². The summed E-state index contributed by atoms with van der Waals surface area (Å²) in [6.45, 7) is 5.13. The van der Waals surface area contributed by atoms with Crippen LogP contribution in [0.1, 0.15) is 53.5 Å². The molecule has 0 radical (unpaired) electrons. The molecule has 0 bridgehead atoms. The van der Waals surface area contributed by atoms with Crippen LogP contribution in [0, 0.1) is 6.92 Å². The number of benzene rings is 2. The lowest BCUT2D eigenvalue weighted by Gasteiger charge is -2.31. The third-order valence-electron chi connectivity index (χ3n) is 7.07. The second-order valence-electron chi connectivity index (χ2n) is 9.83. The van der Waals surface area contributed by atoms with E-state index in [1.807, 2.05) is 17.9 Å². The van der Waals surface area contributed by atoms with Gasteiger partial charge in [0.1, 0.15) is 11.6 Å². The lowest BCUT2D eigenvalue weighted by Crippen LogP contribution is -2.30. The van der Waals surface area contributed by atoms with Crippen molar-refractivity contribution in [1.82, 2.24) is 15.0 Å². The van der Waals surface area contributed by atoms with E-state index in [9.17, 15) is 18.0 Å². The molecule has 212 valence electrons. The van der Waals surface area contributed by atoms with Gasteiger partial charge in [-0.25, -0.2) is 15.0 Å². The summed E-state index contributed by atoms with van der Waals surface area (Å²) in [5.74, 6) is 0.850. The Morgan fingerprint density at radius 2 is 1.80 bits per heavy atom. The quantitative estimate of drug-likeness (QED) is 0.252. The van der Waals surface area contributed by atoms with Crippen molar-refractivity contribution in [2.24, 2.45) is 0 Å². The topological polar surface area (TPSA) is 80.2 Å². The van der Waals surface area contributed by atoms with Gasteiger partial charge in [-0.3, -0.25) is 4.79 Å². The number of aromatic nitrogens is 3. The number of ether oxygens (including phenoxy) is 1. The Kier molecular flexibility index (Phi) is 8.19. The normalized spacial score (nSPS) is 13.6. The molecule has 10 heteroatoms. The Morgan fingerprint density at radius 3 is 2.56 bits per heavy atom. The predicted molar refractivity (Wildman–Crippen MR) is 151 cm³/mol. The first-order chi connectivity index (χ1) is 19.7. The molecule has 0 unspecified atom stereocenters. The van der Waals surface area contributed by atoms with Crippen molar-refractivity contribution in [3.8, 4) is 22.9 Å². The number of rotatable bonds is 7. The number of halogens is 3. The van der Waals surface area contributed by atoms with Crippen LogP contribution in [0.4, 0.5) is 24.5 Å². The van der Waals surface area contributed by atoms with Crippen molar-refractivity contribution < 1.29 is 22.7 Å². The number of nitrogens with one attached hydrogen (secondary N) is 1. The second kappa shape index (κ2) is 12.0. The van der Waals surface area contributed by atoms with E-state index in [-0.39, 0.29) is 11.3 Å². The zero-order valence-electron chi connectivity index (χ0n) is 22.8. The predicted octanol–water partition coefficient (Wildman–Crippen LogP) is 7.46. The van der Waals surface area contributed by atoms with Gasteiger partial charge in [0.15, 0.2) is 0 Å². The third-order valence-corrected chi connectivity index (χ3v) is 7.07. The first kappa shape index (κ1) is 28.1. The number of hydrogen-bond acceptors (Lipinski definition) is 6. The Hall–Kier alpha value is -4.47. The highest BCUT2D eigenvalue weighted by atomic mass is 19.4. The average molecular weight is 562 g/mol. The first-order valence-corrected chi connectivity index (χ1v) is 13.6. The summed E-state index contributed by atoms with van der Waals surface area (Å²) in [4.78, 5) is 28.7. The molecule has 7 nitrogen and oxygen atoms in total. The fourth-order valence-corrected chi connectivity index (χ4v) is 4.87. The maximum absolute atomic E-state index is 13.6. The number of nitrogens with zero attached hydrogens (tertiary/aromatic N) is 4. The number of carbonyl (C=O) groups is 1. The minimum absolute atomic E-state index is 0.125.